The van der Waals surface area contributed by atoms with Gasteiger partial charge in [-0.05, 0) is 28.1 Å². The van der Waals surface area contributed by atoms with Crippen LogP contribution in [-0.4, -0.2) is 10.2 Å². The highest BCUT2D eigenvalue weighted by atomic mass is 127. The number of hydrogen-bond donors (Lipinski definition) is 0. The van der Waals surface area contributed by atoms with Gasteiger partial charge < -0.3 is 4.42 Å². The van der Waals surface area contributed by atoms with Crippen LogP contribution in [0.2, 0.25) is 0 Å². The van der Waals surface area contributed by atoms with Crippen molar-refractivity contribution in [2.45, 2.75) is 0 Å². The van der Waals surface area contributed by atoms with E-state index in [0.717, 1.165) is 0 Å². The van der Waals surface area contributed by atoms with Gasteiger partial charge in [0.1, 0.15) is 5.82 Å². The lowest BCUT2D eigenvalue weighted by Crippen LogP contribution is -1.83. The third-order valence-electron chi connectivity index (χ3n) is 1.58. The summed E-state index contributed by atoms with van der Waals surface area (Å²) in [4.78, 5) is 0. The van der Waals surface area contributed by atoms with E-state index in [1.807, 2.05) is 22.6 Å². The highest BCUT2D eigenvalue weighted by molar-refractivity contribution is 14.1. The van der Waals surface area contributed by atoms with Crippen LogP contribution < -0.4 is 0 Å². The van der Waals surface area contributed by atoms with Gasteiger partial charge in [0.2, 0.25) is 5.89 Å². The van der Waals surface area contributed by atoms with Crippen molar-refractivity contribution in [3.8, 4) is 11.5 Å². The van der Waals surface area contributed by atoms with E-state index in [2.05, 4.69) is 26.1 Å². The Hall–Kier alpha value is -0.500. The summed E-state index contributed by atoms with van der Waals surface area (Å²) >= 11 is 5.02. The Balaban J connectivity index is 2.57. The fourth-order valence-electron chi connectivity index (χ4n) is 0.983. The van der Waals surface area contributed by atoms with Crippen LogP contribution in [-0.2, 0) is 0 Å². The van der Waals surface area contributed by atoms with E-state index in [-0.39, 0.29) is 5.82 Å². The highest BCUT2D eigenvalue weighted by Gasteiger charge is 2.12. The molecule has 72 valence electrons. The maximum absolute atomic E-state index is 13.1. The molecule has 0 fully saturated rings. The molecular weight excluding hydrogens is 366 g/mol. The normalized spacial score (nSPS) is 10.5. The molecule has 1 aromatic carbocycles. The van der Waals surface area contributed by atoms with Crippen LogP contribution in [0.5, 0.6) is 0 Å². The lowest BCUT2D eigenvalue weighted by molar-refractivity contribution is 0.535. The maximum Gasteiger partial charge on any atom is 0.278 e. The second-order valence-corrected chi connectivity index (χ2v) is 4.18. The van der Waals surface area contributed by atoms with Crippen molar-refractivity contribution in [1.29, 1.82) is 0 Å². The summed E-state index contributed by atoms with van der Waals surface area (Å²) in [5, 5.41) is 7.46. The molecule has 0 N–H and O–H groups in total. The summed E-state index contributed by atoms with van der Waals surface area (Å²) in [6.07, 6.45) is 0. The van der Waals surface area contributed by atoms with Crippen LogP contribution in [0.25, 0.3) is 11.5 Å². The summed E-state index contributed by atoms with van der Waals surface area (Å²) in [6.45, 7) is 0. The van der Waals surface area contributed by atoms with Gasteiger partial charge >= 0.3 is 0 Å². The Morgan fingerprint density at radius 1 is 1.36 bits per heavy atom. The molecule has 0 bridgehead atoms. The SMILES string of the molecule is Fc1cccc(-c2nnc(I)o2)c1Br. The summed E-state index contributed by atoms with van der Waals surface area (Å²) in [5.41, 5.74) is 0.556. The number of benzene rings is 1. The predicted octanol–water partition coefficient (Wildman–Crippen LogP) is 3.24. The predicted molar refractivity (Wildman–Crippen MR) is 60.1 cm³/mol. The first-order valence-corrected chi connectivity index (χ1v) is 5.49. The van der Waals surface area contributed by atoms with Crippen LogP contribution in [0.4, 0.5) is 4.39 Å². The quantitative estimate of drug-likeness (QED) is 0.725. The zero-order valence-electron chi connectivity index (χ0n) is 6.67. The number of hydrogen-bond acceptors (Lipinski definition) is 3. The molecule has 3 nitrogen and oxygen atoms in total. The van der Waals surface area contributed by atoms with Crippen molar-refractivity contribution >= 4 is 38.5 Å². The molecule has 0 aliphatic rings. The molecule has 14 heavy (non-hydrogen) atoms. The van der Waals surface area contributed by atoms with E-state index >= 15 is 0 Å². The van der Waals surface area contributed by atoms with E-state index in [0.29, 0.717) is 19.8 Å². The van der Waals surface area contributed by atoms with Gasteiger partial charge in [-0.2, -0.15) is 0 Å². The molecule has 1 heterocycles. The van der Waals surface area contributed by atoms with E-state index in [1.165, 1.54) is 6.07 Å². The lowest BCUT2D eigenvalue weighted by Gasteiger charge is -1.98. The minimum atomic E-state index is -0.351. The third-order valence-corrected chi connectivity index (χ3v) is 2.82. The van der Waals surface area contributed by atoms with Crippen molar-refractivity contribution < 1.29 is 8.81 Å². The van der Waals surface area contributed by atoms with Crippen molar-refractivity contribution in [3.63, 3.8) is 0 Å². The molecule has 2 rings (SSSR count). The molecule has 0 saturated carbocycles. The van der Waals surface area contributed by atoms with E-state index in [4.69, 9.17) is 4.42 Å². The Bertz CT molecular complexity index is 474. The molecule has 0 radical (unpaired) electrons. The van der Waals surface area contributed by atoms with Gasteiger partial charge in [0, 0.05) is 22.6 Å². The molecule has 0 spiro atoms. The molecular formula is C8H3BrFIN2O. The van der Waals surface area contributed by atoms with Gasteiger partial charge in [-0.3, -0.25) is 0 Å². The average molecular weight is 369 g/mol. The highest BCUT2D eigenvalue weighted by Crippen LogP contribution is 2.29. The van der Waals surface area contributed by atoms with Crippen LogP contribution in [0.3, 0.4) is 0 Å². The van der Waals surface area contributed by atoms with Gasteiger partial charge in [0.05, 0.1) is 10.0 Å². The molecule has 0 amide bonds. The molecule has 0 atom stereocenters. The van der Waals surface area contributed by atoms with Gasteiger partial charge in [-0.15, -0.1) is 10.2 Å². The van der Waals surface area contributed by atoms with Crippen molar-refractivity contribution in [1.82, 2.24) is 10.2 Å². The largest absolute Gasteiger partial charge is 0.412 e. The minimum absolute atomic E-state index is 0.306. The Labute approximate surface area is 101 Å². The fourth-order valence-corrected chi connectivity index (χ4v) is 1.73. The van der Waals surface area contributed by atoms with Crippen molar-refractivity contribution in [2.24, 2.45) is 0 Å². The van der Waals surface area contributed by atoms with E-state index in [9.17, 15) is 4.39 Å². The zero-order valence-corrected chi connectivity index (χ0v) is 10.4. The van der Waals surface area contributed by atoms with E-state index < -0.39 is 0 Å². The zero-order chi connectivity index (χ0) is 10.1. The number of aromatic nitrogens is 2. The van der Waals surface area contributed by atoms with Crippen LogP contribution in [0.15, 0.2) is 27.1 Å². The summed E-state index contributed by atoms with van der Waals surface area (Å²) < 4.78 is 19.1. The second kappa shape index (κ2) is 3.93. The van der Waals surface area contributed by atoms with Crippen molar-refractivity contribution in [2.75, 3.05) is 0 Å². The smallest absolute Gasteiger partial charge is 0.278 e. The first kappa shape index (κ1) is 10.0. The maximum atomic E-state index is 13.1. The summed E-state index contributed by atoms with van der Waals surface area (Å²) in [7, 11) is 0. The molecule has 0 saturated heterocycles. The molecule has 2 aromatic rings. The van der Waals surface area contributed by atoms with Gasteiger partial charge in [0.25, 0.3) is 3.90 Å². The van der Waals surface area contributed by atoms with Gasteiger partial charge in [-0.1, -0.05) is 6.07 Å². The molecule has 1 aromatic heterocycles. The number of halogens is 3. The summed E-state index contributed by atoms with van der Waals surface area (Å²) in [5.74, 6) is -0.0449. The Kier molecular flexibility index (Phi) is 2.82. The topological polar surface area (TPSA) is 38.9 Å². The molecule has 0 aliphatic heterocycles. The van der Waals surface area contributed by atoms with Gasteiger partial charge in [-0.25, -0.2) is 4.39 Å². The molecule has 0 unspecified atom stereocenters. The first-order valence-electron chi connectivity index (χ1n) is 3.62. The second-order valence-electron chi connectivity index (χ2n) is 2.46. The monoisotopic (exact) mass is 368 g/mol. The lowest BCUT2D eigenvalue weighted by atomic mass is 10.2. The van der Waals surface area contributed by atoms with E-state index in [1.54, 1.807) is 12.1 Å². The third kappa shape index (κ3) is 1.81. The fraction of sp³-hybridized carbons (Fsp3) is 0. The molecule has 6 heteroatoms. The standard InChI is InChI=1S/C8H3BrFIN2O/c9-6-4(2-1-3-5(6)10)7-12-13-8(11)14-7/h1-3H. The van der Waals surface area contributed by atoms with Crippen LogP contribution >= 0.6 is 38.5 Å². The van der Waals surface area contributed by atoms with Crippen LogP contribution in [0, 0.1) is 9.71 Å². The van der Waals surface area contributed by atoms with Crippen LogP contribution in [0.1, 0.15) is 0 Å². The summed E-state index contributed by atoms with van der Waals surface area (Å²) in [6, 6.07) is 4.65. The Morgan fingerprint density at radius 3 is 2.79 bits per heavy atom. The number of nitrogens with zero attached hydrogens (tertiary/aromatic N) is 2. The molecule has 0 aliphatic carbocycles. The minimum Gasteiger partial charge on any atom is -0.412 e. The Morgan fingerprint density at radius 2 is 2.14 bits per heavy atom. The van der Waals surface area contributed by atoms with Crippen molar-refractivity contribution in [3.05, 3.63) is 32.4 Å². The number of rotatable bonds is 1. The first-order chi connectivity index (χ1) is 6.68. The van der Waals surface area contributed by atoms with Gasteiger partial charge in [0.15, 0.2) is 0 Å². The average Bonchev–Trinajstić information content (AvgIpc) is 2.57.